The first-order valence-corrected chi connectivity index (χ1v) is 10.2. The van der Waals surface area contributed by atoms with E-state index in [-0.39, 0.29) is 11.9 Å². The number of likely N-dealkylation sites (N-methyl/N-ethyl adjacent to an activating group) is 1. The maximum Gasteiger partial charge on any atom is 0.303 e. The molecular formula is C24H32N2O2. The smallest absolute Gasteiger partial charge is 0.303 e. The molecule has 150 valence electrons. The zero-order valence-electron chi connectivity index (χ0n) is 17.3. The van der Waals surface area contributed by atoms with Crippen LogP contribution in [-0.4, -0.2) is 55.5 Å². The fraction of sp³-hybridized carbons (Fsp3) is 0.458. The Kier molecular flexibility index (Phi) is 6.87. The van der Waals surface area contributed by atoms with Crippen LogP contribution in [0.1, 0.15) is 25.0 Å². The van der Waals surface area contributed by atoms with E-state index in [4.69, 9.17) is 4.74 Å². The van der Waals surface area contributed by atoms with Crippen molar-refractivity contribution in [3.05, 3.63) is 71.8 Å². The molecule has 0 spiro atoms. The second-order valence-corrected chi connectivity index (χ2v) is 8.02. The van der Waals surface area contributed by atoms with Gasteiger partial charge in [0.15, 0.2) is 0 Å². The van der Waals surface area contributed by atoms with Crippen molar-refractivity contribution in [3.63, 3.8) is 0 Å². The Morgan fingerprint density at radius 2 is 1.57 bits per heavy atom. The Balaban J connectivity index is 1.94. The third-order valence-electron chi connectivity index (χ3n) is 5.82. The Morgan fingerprint density at radius 1 is 1.00 bits per heavy atom. The Morgan fingerprint density at radius 3 is 2.14 bits per heavy atom. The molecule has 4 nitrogen and oxygen atoms in total. The SMILES string of the molecule is CC(=O)O[C@](Cc1ccccc1)(c1ccccc1)[C@@H](C)CN1CCN(C)CC1. The molecule has 4 heteroatoms. The number of rotatable bonds is 7. The number of carbonyl (C=O) groups is 1. The molecule has 0 unspecified atom stereocenters. The molecule has 1 heterocycles. The summed E-state index contributed by atoms with van der Waals surface area (Å²) in [5.74, 6) is -0.0765. The minimum Gasteiger partial charge on any atom is -0.454 e. The average molecular weight is 381 g/mol. The second kappa shape index (κ2) is 9.35. The van der Waals surface area contributed by atoms with Gasteiger partial charge in [0.25, 0.3) is 0 Å². The van der Waals surface area contributed by atoms with Crippen molar-refractivity contribution in [2.75, 3.05) is 39.8 Å². The van der Waals surface area contributed by atoms with Gasteiger partial charge in [-0.15, -0.1) is 0 Å². The fourth-order valence-corrected chi connectivity index (χ4v) is 4.20. The number of ether oxygens (including phenoxy) is 1. The number of benzene rings is 2. The highest BCUT2D eigenvalue weighted by molar-refractivity contribution is 5.67. The molecule has 2 aromatic carbocycles. The summed E-state index contributed by atoms with van der Waals surface area (Å²) in [6.07, 6.45) is 0.673. The van der Waals surface area contributed by atoms with Gasteiger partial charge in [-0.25, -0.2) is 0 Å². The van der Waals surface area contributed by atoms with Crippen LogP contribution < -0.4 is 0 Å². The van der Waals surface area contributed by atoms with Crippen LogP contribution in [0.3, 0.4) is 0 Å². The monoisotopic (exact) mass is 380 g/mol. The maximum absolute atomic E-state index is 12.2. The Bertz CT molecular complexity index is 742. The molecule has 0 N–H and O–H groups in total. The van der Waals surface area contributed by atoms with E-state index in [0.717, 1.165) is 38.3 Å². The predicted octanol–water partition coefficient (Wildman–Crippen LogP) is 3.57. The van der Waals surface area contributed by atoms with Crippen LogP contribution >= 0.6 is 0 Å². The lowest BCUT2D eigenvalue weighted by Gasteiger charge is -2.42. The maximum atomic E-state index is 12.2. The highest BCUT2D eigenvalue weighted by atomic mass is 16.6. The van der Waals surface area contributed by atoms with E-state index in [0.29, 0.717) is 6.42 Å². The van der Waals surface area contributed by atoms with Crippen molar-refractivity contribution in [1.82, 2.24) is 9.80 Å². The summed E-state index contributed by atoms with van der Waals surface area (Å²) in [6, 6.07) is 20.6. The van der Waals surface area contributed by atoms with Crippen LogP contribution in [0.25, 0.3) is 0 Å². The summed E-state index contributed by atoms with van der Waals surface area (Å²) in [7, 11) is 2.17. The Labute approximate surface area is 169 Å². The summed E-state index contributed by atoms with van der Waals surface area (Å²) in [5.41, 5.74) is 1.56. The van der Waals surface area contributed by atoms with Gasteiger partial charge in [-0.3, -0.25) is 4.79 Å². The predicted molar refractivity (Wildman–Crippen MR) is 113 cm³/mol. The van der Waals surface area contributed by atoms with E-state index in [1.54, 1.807) is 0 Å². The van der Waals surface area contributed by atoms with E-state index >= 15 is 0 Å². The standard InChI is InChI=1S/C24H32N2O2/c1-20(19-26-16-14-25(3)15-17-26)24(28-21(2)27,23-12-8-5-9-13-23)18-22-10-6-4-7-11-22/h4-13,20H,14-19H2,1-3H3/t20-,24-/m0/s1. The van der Waals surface area contributed by atoms with E-state index < -0.39 is 5.60 Å². The third-order valence-corrected chi connectivity index (χ3v) is 5.82. The zero-order chi connectivity index (χ0) is 20.0. The van der Waals surface area contributed by atoms with Crippen LogP contribution in [-0.2, 0) is 21.6 Å². The van der Waals surface area contributed by atoms with E-state index in [1.165, 1.54) is 12.5 Å². The minimum atomic E-state index is -0.683. The highest BCUT2D eigenvalue weighted by Crippen LogP contribution is 2.38. The largest absolute Gasteiger partial charge is 0.454 e. The van der Waals surface area contributed by atoms with Gasteiger partial charge in [-0.05, 0) is 18.2 Å². The van der Waals surface area contributed by atoms with Crippen molar-refractivity contribution in [2.24, 2.45) is 5.92 Å². The van der Waals surface area contributed by atoms with Gasteiger partial charge in [0, 0.05) is 52.0 Å². The Hall–Kier alpha value is -2.17. The molecule has 2 atom stereocenters. The molecule has 0 radical (unpaired) electrons. The minimum absolute atomic E-state index is 0.155. The zero-order valence-corrected chi connectivity index (χ0v) is 17.3. The highest BCUT2D eigenvalue weighted by Gasteiger charge is 2.42. The summed E-state index contributed by atoms with van der Waals surface area (Å²) in [4.78, 5) is 17.1. The number of piperazine rings is 1. The molecule has 0 amide bonds. The molecule has 0 saturated carbocycles. The summed E-state index contributed by atoms with van der Waals surface area (Å²) in [6.45, 7) is 8.91. The third kappa shape index (κ3) is 5.00. The number of carbonyl (C=O) groups excluding carboxylic acids is 1. The molecule has 0 bridgehead atoms. The summed E-state index contributed by atoms with van der Waals surface area (Å²) < 4.78 is 6.18. The number of hydrogen-bond donors (Lipinski definition) is 0. The van der Waals surface area contributed by atoms with Gasteiger partial charge < -0.3 is 14.5 Å². The molecule has 28 heavy (non-hydrogen) atoms. The molecule has 0 aromatic heterocycles. The number of esters is 1. The molecular weight excluding hydrogens is 348 g/mol. The van der Waals surface area contributed by atoms with Gasteiger partial charge in [-0.1, -0.05) is 67.6 Å². The first-order chi connectivity index (χ1) is 13.5. The van der Waals surface area contributed by atoms with Crippen molar-refractivity contribution in [1.29, 1.82) is 0 Å². The molecule has 0 aliphatic carbocycles. The van der Waals surface area contributed by atoms with Crippen LogP contribution in [0.5, 0.6) is 0 Å². The van der Waals surface area contributed by atoms with Gasteiger partial charge in [0.2, 0.25) is 0 Å². The second-order valence-electron chi connectivity index (χ2n) is 8.02. The quantitative estimate of drug-likeness (QED) is 0.688. The average Bonchev–Trinajstić information content (AvgIpc) is 2.70. The lowest BCUT2D eigenvalue weighted by atomic mass is 9.77. The van der Waals surface area contributed by atoms with Crippen molar-refractivity contribution in [2.45, 2.75) is 25.9 Å². The van der Waals surface area contributed by atoms with E-state index in [1.807, 2.05) is 36.4 Å². The van der Waals surface area contributed by atoms with Crippen molar-refractivity contribution >= 4 is 5.97 Å². The van der Waals surface area contributed by atoms with Crippen LogP contribution in [0.15, 0.2) is 60.7 Å². The number of nitrogens with zero attached hydrogens (tertiary/aromatic N) is 2. The first kappa shape index (κ1) is 20.6. The number of hydrogen-bond acceptors (Lipinski definition) is 4. The van der Waals surface area contributed by atoms with Gasteiger partial charge in [0.1, 0.15) is 5.60 Å². The topological polar surface area (TPSA) is 32.8 Å². The van der Waals surface area contributed by atoms with Crippen LogP contribution in [0.2, 0.25) is 0 Å². The van der Waals surface area contributed by atoms with Crippen molar-refractivity contribution in [3.8, 4) is 0 Å². The molecule has 1 saturated heterocycles. The van der Waals surface area contributed by atoms with Gasteiger partial charge in [0.05, 0.1) is 0 Å². The normalized spacial score (nSPS) is 19.0. The molecule has 1 fully saturated rings. The molecule has 1 aliphatic rings. The lowest BCUT2D eigenvalue weighted by Crippen LogP contribution is -2.50. The first-order valence-electron chi connectivity index (χ1n) is 10.2. The van der Waals surface area contributed by atoms with E-state index in [9.17, 15) is 4.79 Å². The lowest BCUT2D eigenvalue weighted by molar-refractivity contribution is -0.166. The summed E-state index contributed by atoms with van der Waals surface area (Å²) >= 11 is 0. The van der Waals surface area contributed by atoms with Crippen LogP contribution in [0.4, 0.5) is 0 Å². The molecule has 2 aromatic rings. The fourth-order valence-electron chi connectivity index (χ4n) is 4.20. The van der Waals surface area contributed by atoms with Gasteiger partial charge >= 0.3 is 5.97 Å². The summed E-state index contributed by atoms with van der Waals surface area (Å²) in [5, 5.41) is 0. The van der Waals surface area contributed by atoms with Gasteiger partial charge in [-0.2, -0.15) is 0 Å². The molecule has 3 rings (SSSR count). The van der Waals surface area contributed by atoms with Crippen molar-refractivity contribution < 1.29 is 9.53 Å². The van der Waals surface area contributed by atoms with Crippen LogP contribution in [0, 0.1) is 5.92 Å². The molecule has 1 aliphatic heterocycles. The van der Waals surface area contributed by atoms with E-state index in [2.05, 4.69) is 48.0 Å².